The van der Waals surface area contributed by atoms with Crippen LogP contribution in [-0.2, 0) is 10.9 Å². The van der Waals surface area contributed by atoms with Crippen LogP contribution in [0.15, 0.2) is 52.6 Å². The molecule has 0 radical (unpaired) electrons. The minimum atomic E-state index is -4.60. The zero-order valence-electron chi connectivity index (χ0n) is 17.5. The number of nitrogens with one attached hydrogen (secondary N) is 2. The highest BCUT2D eigenvalue weighted by Crippen LogP contribution is 2.37. The minimum Gasteiger partial charge on any atom is -0.394 e. The van der Waals surface area contributed by atoms with Crippen molar-refractivity contribution in [1.29, 1.82) is 5.53 Å². The van der Waals surface area contributed by atoms with Crippen molar-refractivity contribution >= 4 is 17.5 Å². The molecule has 1 aliphatic heterocycles. The van der Waals surface area contributed by atoms with Gasteiger partial charge in [-0.1, -0.05) is 17.8 Å². The van der Waals surface area contributed by atoms with Crippen LogP contribution in [0.2, 0.25) is 0 Å². The van der Waals surface area contributed by atoms with Crippen LogP contribution >= 0.6 is 11.8 Å². The van der Waals surface area contributed by atoms with Crippen LogP contribution < -0.4 is 5.32 Å². The summed E-state index contributed by atoms with van der Waals surface area (Å²) in [5.41, 5.74) is 4.34. The number of nitrogens with zero attached hydrogens (tertiary/aromatic N) is 1. The van der Waals surface area contributed by atoms with Crippen LogP contribution in [0.25, 0.3) is 5.70 Å². The summed E-state index contributed by atoms with van der Waals surface area (Å²) in [6, 6.07) is 4.09. The molecule has 0 saturated carbocycles. The number of aliphatic hydroxyl groups is 3. The average Bonchev–Trinajstić information content (AvgIpc) is 2.81. The van der Waals surface area contributed by atoms with E-state index in [-0.39, 0.29) is 10.5 Å². The van der Waals surface area contributed by atoms with E-state index in [0.717, 1.165) is 18.3 Å². The molecule has 1 aliphatic rings. The van der Waals surface area contributed by atoms with E-state index in [1.165, 1.54) is 12.1 Å². The number of benzene rings is 2. The smallest absolute Gasteiger partial charge is 0.394 e. The van der Waals surface area contributed by atoms with Gasteiger partial charge in [0.25, 0.3) is 0 Å². The van der Waals surface area contributed by atoms with Crippen molar-refractivity contribution in [1.82, 2.24) is 5.32 Å². The van der Waals surface area contributed by atoms with Crippen molar-refractivity contribution in [3.8, 4) is 0 Å². The molecule has 0 spiro atoms. The van der Waals surface area contributed by atoms with Gasteiger partial charge in [-0.05, 0) is 30.3 Å². The summed E-state index contributed by atoms with van der Waals surface area (Å²) >= 11 is 0.713. The first kappa shape index (κ1) is 26.9. The fourth-order valence-electron chi connectivity index (χ4n) is 3.32. The standard InChI is InChI=1S/C21H19F6N3O4S/c22-12-4-9(5-13(23)16(12)24)14(30-28)7-29-17-18(32)15(8-31)34-20(19(17)33)35-11-3-1-2-10(6-11)21(25,26)27/h1-7,15,17-20,28-29,31-33H,8H2/b14-7-,30-28?/t15?,17?,18-,19?,20+/m0/s1. The van der Waals surface area contributed by atoms with Gasteiger partial charge in [0.15, 0.2) is 17.5 Å². The second-order valence-electron chi connectivity index (χ2n) is 7.44. The third kappa shape index (κ3) is 6.13. The van der Waals surface area contributed by atoms with Gasteiger partial charge in [0.2, 0.25) is 0 Å². The Balaban J connectivity index is 1.85. The number of alkyl halides is 3. The Morgan fingerprint density at radius 2 is 1.77 bits per heavy atom. The predicted molar refractivity (Wildman–Crippen MR) is 111 cm³/mol. The molecule has 7 nitrogen and oxygen atoms in total. The maximum absolute atomic E-state index is 13.6. The molecular weight excluding hydrogens is 504 g/mol. The molecule has 3 rings (SSSR count). The average molecular weight is 523 g/mol. The van der Waals surface area contributed by atoms with Gasteiger partial charge >= 0.3 is 6.18 Å². The van der Waals surface area contributed by atoms with Crippen LogP contribution in [0.3, 0.4) is 0 Å². The second kappa shape index (κ2) is 11.0. The lowest BCUT2D eigenvalue weighted by Gasteiger charge is -2.42. The van der Waals surface area contributed by atoms with Crippen molar-refractivity contribution in [2.24, 2.45) is 5.11 Å². The molecule has 0 aliphatic carbocycles. The zero-order chi connectivity index (χ0) is 25.9. The van der Waals surface area contributed by atoms with E-state index < -0.39 is 71.3 Å². The highest BCUT2D eigenvalue weighted by Gasteiger charge is 2.44. The Hall–Kier alpha value is -2.65. The van der Waals surface area contributed by atoms with Crippen molar-refractivity contribution in [3.05, 3.63) is 71.2 Å². The van der Waals surface area contributed by atoms with Crippen molar-refractivity contribution in [3.63, 3.8) is 0 Å². The number of aliphatic hydroxyl groups excluding tert-OH is 3. The summed E-state index contributed by atoms with van der Waals surface area (Å²) in [5, 5.41) is 36.4. The molecule has 0 amide bonds. The molecule has 5 N–H and O–H groups in total. The van der Waals surface area contributed by atoms with Gasteiger partial charge in [0.1, 0.15) is 29.4 Å². The number of halogens is 6. The topological polar surface area (TPSA) is 118 Å². The van der Waals surface area contributed by atoms with Gasteiger partial charge in [0.05, 0.1) is 18.2 Å². The maximum Gasteiger partial charge on any atom is 0.416 e. The highest BCUT2D eigenvalue weighted by atomic mass is 32.2. The van der Waals surface area contributed by atoms with Crippen molar-refractivity contribution in [2.75, 3.05) is 6.61 Å². The molecule has 2 aromatic carbocycles. The van der Waals surface area contributed by atoms with Crippen LogP contribution in [0.4, 0.5) is 26.3 Å². The lowest BCUT2D eigenvalue weighted by Crippen LogP contribution is -2.61. The first-order valence-corrected chi connectivity index (χ1v) is 10.8. The first-order valence-electron chi connectivity index (χ1n) is 9.91. The third-order valence-corrected chi connectivity index (χ3v) is 6.26. The fourth-order valence-corrected chi connectivity index (χ4v) is 4.45. The Kier molecular flexibility index (Phi) is 8.43. The lowest BCUT2D eigenvalue weighted by molar-refractivity contribution is -0.164. The van der Waals surface area contributed by atoms with Gasteiger partial charge in [-0.25, -0.2) is 18.7 Å². The van der Waals surface area contributed by atoms with Gasteiger partial charge in [0, 0.05) is 16.7 Å². The highest BCUT2D eigenvalue weighted by molar-refractivity contribution is 7.99. The Bertz CT molecular complexity index is 1080. The molecule has 1 heterocycles. The molecule has 5 atom stereocenters. The van der Waals surface area contributed by atoms with Gasteiger partial charge in [-0.2, -0.15) is 18.3 Å². The van der Waals surface area contributed by atoms with Crippen molar-refractivity contribution in [2.45, 2.75) is 40.9 Å². The van der Waals surface area contributed by atoms with E-state index in [1.807, 2.05) is 0 Å². The summed E-state index contributed by atoms with van der Waals surface area (Å²) < 4.78 is 84.8. The predicted octanol–water partition coefficient (Wildman–Crippen LogP) is 3.64. The Labute approximate surface area is 198 Å². The summed E-state index contributed by atoms with van der Waals surface area (Å²) in [5.74, 6) is -4.78. The number of hydrogen-bond acceptors (Lipinski definition) is 8. The normalized spacial score (nSPS) is 25.4. The molecule has 35 heavy (non-hydrogen) atoms. The van der Waals surface area contributed by atoms with Crippen LogP contribution in [0.5, 0.6) is 0 Å². The lowest BCUT2D eigenvalue weighted by atomic mass is 9.97. The first-order chi connectivity index (χ1) is 16.5. The van der Waals surface area contributed by atoms with E-state index in [9.17, 15) is 41.7 Å². The number of thioether (sulfide) groups is 1. The van der Waals surface area contributed by atoms with Gasteiger partial charge in [-0.15, -0.1) is 0 Å². The summed E-state index contributed by atoms with van der Waals surface area (Å²) in [6.45, 7) is -0.709. The number of rotatable bonds is 7. The molecular formula is C21H19F6N3O4S. The molecule has 190 valence electrons. The van der Waals surface area contributed by atoms with E-state index in [2.05, 4.69) is 10.4 Å². The fraction of sp³-hybridized carbons (Fsp3) is 0.333. The molecule has 14 heteroatoms. The monoisotopic (exact) mass is 523 g/mol. The van der Waals surface area contributed by atoms with Gasteiger partial charge < -0.3 is 25.4 Å². The van der Waals surface area contributed by atoms with Gasteiger partial charge in [-0.3, -0.25) is 0 Å². The van der Waals surface area contributed by atoms with E-state index >= 15 is 0 Å². The summed E-state index contributed by atoms with van der Waals surface area (Å²) in [7, 11) is 0. The maximum atomic E-state index is 13.6. The number of hydrogen-bond donors (Lipinski definition) is 5. The molecule has 0 aromatic heterocycles. The summed E-state index contributed by atoms with van der Waals surface area (Å²) in [4.78, 5) is 0.0883. The van der Waals surface area contributed by atoms with Crippen LogP contribution in [-0.4, -0.2) is 51.7 Å². The molecule has 2 aromatic rings. The molecule has 0 bridgehead atoms. The number of ether oxygens (including phenoxy) is 1. The summed E-state index contributed by atoms with van der Waals surface area (Å²) in [6.07, 6.45) is -8.04. The zero-order valence-corrected chi connectivity index (χ0v) is 18.3. The second-order valence-corrected chi connectivity index (χ2v) is 8.61. The quantitative estimate of drug-likeness (QED) is 0.215. The Morgan fingerprint density at radius 3 is 2.34 bits per heavy atom. The third-order valence-electron chi connectivity index (χ3n) is 5.11. The van der Waals surface area contributed by atoms with Crippen molar-refractivity contribution < 1.29 is 46.4 Å². The van der Waals surface area contributed by atoms with E-state index in [1.54, 1.807) is 0 Å². The molecule has 1 fully saturated rings. The SMILES string of the molecule is N=N/C(=C\NC1C(O)[C@@H](Sc2cccc(C(F)(F)F)c2)OC(CO)[C@@H]1O)c1cc(F)c(F)c(F)c1. The molecule has 1 saturated heterocycles. The van der Waals surface area contributed by atoms with Crippen LogP contribution in [0, 0.1) is 23.0 Å². The Morgan fingerprint density at radius 1 is 1.11 bits per heavy atom. The largest absolute Gasteiger partial charge is 0.416 e. The molecule has 3 unspecified atom stereocenters. The van der Waals surface area contributed by atoms with Crippen LogP contribution in [0.1, 0.15) is 11.1 Å². The van der Waals surface area contributed by atoms with E-state index in [0.29, 0.717) is 23.9 Å². The minimum absolute atomic E-state index is 0.0883. The van der Waals surface area contributed by atoms with E-state index in [4.69, 9.17) is 10.3 Å².